The highest BCUT2D eigenvalue weighted by Crippen LogP contribution is 2.12. The lowest BCUT2D eigenvalue weighted by molar-refractivity contribution is 0.547. The lowest BCUT2D eigenvalue weighted by Crippen LogP contribution is -2.23. The molecule has 0 saturated heterocycles. The highest BCUT2D eigenvalue weighted by Gasteiger charge is 2.09. The van der Waals surface area contributed by atoms with Crippen LogP contribution in [0.5, 0.6) is 0 Å². The highest BCUT2D eigenvalue weighted by atomic mass is 32.2. The molecule has 0 aliphatic heterocycles. The number of hydrogen-bond donors (Lipinski definition) is 1. The standard InChI is InChI=1S/C15H21N3O2S/c1-12(15-10-16-11-18(15)2)17-9-8-13-4-6-14(7-5-13)21(3,19)20/h4-7,10-12,17H,8-9H2,1-3H3/t12-/m0/s1. The van der Waals surface area contributed by atoms with Crippen molar-refractivity contribution in [3.63, 3.8) is 0 Å². The van der Waals surface area contributed by atoms with E-state index in [1.54, 1.807) is 18.5 Å². The molecule has 6 heteroatoms. The maximum absolute atomic E-state index is 11.4. The predicted octanol–water partition coefficient (Wildman–Crippen LogP) is 1.72. The van der Waals surface area contributed by atoms with Gasteiger partial charge in [-0.1, -0.05) is 12.1 Å². The molecule has 1 N–H and O–H groups in total. The van der Waals surface area contributed by atoms with Gasteiger partial charge in [-0.05, 0) is 37.6 Å². The number of rotatable bonds is 6. The van der Waals surface area contributed by atoms with E-state index in [1.165, 1.54) is 6.26 Å². The van der Waals surface area contributed by atoms with E-state index >= 15 is 0 Å². The molecule has 0 saturated carbocycles. The van der Waals surface area contributed by atoms with Gasteiger partial charge in [0.1, 0.15) is 0 Å². The van der Waals surface area contributed by atoms with Crippen molar-refractivity contribution in [2.24, 2.45) is 7.05 Å². The Morgan fingerprint density at radius 1 is 1.29 bits per heavy atom. The average molecular weight is 307 g/mol. The van der Waals surface area contributed by atoms with Crippen molar-refractivity contribution in [2.75, 3.05) is 12.8 Å². The number of benzene rings is 1. The van der Waals surface area contributed by atoms with Gasteiger partial charge < -0.3 is 9.88 Å². The molecular weight excluding hydrogens is 286 g/mol. The molecule has 1 aromatic carbocycles. The Bertz CT molecular complexity index is 690. The Hall–Kier alpha value is -1.66. The van der Waals surface area contributed by atoms with E-state index < -0.39 is 9.84 Å². The Morgan fingerprint density at radius 3 is 2.48 bits per heavy atom. The minimum absolute atomic E-state index is 0.229. The summed E-state index contributed by atoms with van der Waals surface area (Å²) in [6, 6.07) is 7.29. The van der Waals surface area contributed by atoms with Gasteiger partial charge in [-0.25, -0.2) is 13.4 Å². The molecule has 1 heterocycles. The second-order valence-corrected chi connectivity index (χ2v) is 7.29. The summed E-state index contributed by atoms with van der Waals surface area (Å²) < 4.78 is 24.8. The predicted molar refractivity (Wildman–Crippen MR) is 82.9 cm³/mol. The fourth-order valence-corrected chi connectivity index (χ4v) is 2.86. The minimum atomic E-state index is -3.11. The van der Waals surface area contributed by atoms with Crippen molar-refractivity contribution in [2.45, 2.75) is 24.3 Å². The monoisotopic (exact) mass is 307 g/mol. The van der Waals surface area contributed by atoms with Crippen LogP contribution in [0, 0.1) is 0 Å². The Kier molecular flexibility index (Phi) is 4.80. The number of aromatic nitrogens is 2. The molecule has 0 radical (unpaired) electrons. The van der Waals surface area contributed by atoms with Crippen LogP contribution in [0.25, 0.3) is 0 Å². The van der Waals surface area contributed by atoms with E-state index in [0.717, 1.165) is 24.2 Å². The fraction of sp³-hybridized carbons (Fsp3) is 0.400. The normalized spacial score (nSPS) is 13.3. The summed E-state index contributed by atoms with van der Waals surface area (Å²) in [6.45, 7) is 2.92. The van der Waals surface area contributed by atoms with Crippen LogP contribution >= 0.6 is 0 Å². The molecular formula is C15H21N3O2S. The summed E-state index contributed by atoms with van der Waals surface area (Å²) in [5, 5.41) is 3.44. The van der Waals surface area contributed by atoms with Gasteiger partial charge in [-0.15, -0.1) is 0 Å². The van der Waals surface area contributed by atoms with Crippen molar-refractivity contribution >= 4 is 9.84 Å². The first kappa shape index (κ1) is 15.7. The summed E-state index contributed by atoms with van der Waals surface area (Å²) >= 11 is 0. The van der Waals surface area contributed by atoms with Gasteiger partial charge in [-0.3, -0.25) is 0 Å². The maximum Gasteiger partial charge on any atom is 0.175 e. The largest absolute Gasteiger partial charge is 0.336 e. The molecule has 0 amide bonds. The first-order valence-electron chi connectivity index (χ1n) is 6.86. The van der Waals surface area contributed by atoms with Crippen molar-refractivity contribution in [1.82, 2.24) is 14.9 Å². The van der Waals surface area contributed by atoms with Crippen molar-refractivity contribution in [3.8, 4) is 0 Å². The van der Waals surface area contributed by atoms with Gasteiger partial charge in [-0.2, -0.15) is 0 Å². The Labute approximate surface area is 125 Å². The van der Waals surface area contributed by atoms with Gasteiger partial charge >= 0.3 is 0 Å². The first-order valence-corrected chi connectivity index (χ1v) is 8.75. The summed E-state index contributed by atoms with van der Waals surface area (Å²) in [6.07, 6.45) is 5.72. The second kappa shape index (κ2) is 6.41. The molecule has 0 unspecified atom stereocenters. The molecule has 1 atom stereocenters. The molecule has 2 rings (SSSR count). The molecule has 0 aliphatic rings. The van der Waals surface area contributed by atoms with Gasteiger partial charge in [0.05, 0.1) is 16.9 Å². The molecule has 0 bridgehead atoms. The van der Waals surface area contributed by atoms with Gasteiger partial charge in [0, 0.05) is 25.5 Å². The zero-order chi connectivity index (χ0) is 15.5. The number of nitrogens with one attached hydrogen (secondary N) is 1. The lowest BCUT2D eigenvalue weighted by Gasteiger charge is -2.14. The van der Waals surface area contributed by atoms with Crippen LogP contribution in [-0.2, 0) is 23.3 Å². The molecule has 2 aromatic rings. The molecule has 114 valence electrons. The third-order valence-corrected chi connectivity index (χ3v) is 4.64. The van der Waals surface area contributed by atoms with E-state index in [-0.39, 0.29) is 6.04 Å². The zero-order valence-corrected chi connectivity index (χ0v) is 13.4. The Balaban J connectivity index is 1.88. The molecule has 21 heavy (non-hydrogen) atoms. The second-order valence-electron chi connectivity index (χ2n) is 5.27. The highest BCUT2D eigenvalue weighted by molar-refractivity contribution is 7.90. The smallest absolute Gasteiger partial charge is 0.175 e. The van der Waals surface area contributed by atoms with Gasteiger partial charge in [0.2, 0.25) is 0 Å². The van der Waals surface area contributed by atoms with E-state index in [1.807, 2.05) is 29.9 Å². The van der Waals surface area contributed by atoms with Crippen LogP contribution in [-0.4, -0.2) is 30.8 Å². The zero-order valence-electron chi connectivity index (χ0n) is 12.6. The van der Waals surface area contributed by atoms with Crippen LogP contribution in [0.15, 0.2) is 41.7 Å². The summed E-state index contributed by atoms with van der Waals surface area (Å²) in [5.41, 5.74) is 2.26. The van der Waals surface area contributed by atoms with Crippen molar-refractivity contribution in [1.29, 1.82) is 0 Å². The van der Waals surface area contributed by atoms with E-state index in [0.29, 0.717) is 4.90 Å². The van der Waals surface area contributed by atoms with Crippen LogP contribution in [0.2, 0.25) is 0 Å². The average Bonchev–Trinajstić information content (AvgIpc) is 2.84. The van der Waals surface area contributed by atoms with Gasteiger partial charge in [0.25, 0.3) is 0 Å². The Morgan fingerprint density at radius 2 is 1.95 bits per heavy atom. The van der Waals surface area contributed by atoms with E-state index in [9.17, 15) is 8.42 Å². The minimum Gasteiger partial charge on any atom is -0.336 e. The quantitative estimate of drug-likeness (QED) is 0.882. The van der Waals surface area contributed by atoms with Crippen LogP contribution in [0.4, 0.5) is 0 Å². The maximum atomic E-state index is 11.4. The summed E-state index contributed by atoms with van der Waals surface area (Å²) in [7, 11) is -1.14. The SMILES string of the molecule is C[C@H](NCCc1ccc(S(C)(=O)=O)cc1)c1cncn1C. The molecule has 5 nitrogen and oxygen atoms in total. The third-order valence-electron chi connectivity index (χ3n) is 3.51. The fourth-order valence-electron chi connectivity index (χ4n) is 2.23. The third kappa shape index (κ3) is 4.15. The van der Waals surface area contributed by atoms with E-state index in [4.69, 9.17) is 0 Å². The number of nitrogens with zero attached hydrogens (tertiary/aromatic N) is 2. The van der Waals surface area contributed by atoms with Crippen molar-refractivity contribution < 1.29 is 8.42 Å². The van der Waals surface area contributed by atoms with Crippen LogP contribution in [0.1, 0.15) is 24.2 Å². The summed E-state index contributed by atoms with van der Waals surface area (Å²) in [4.78, 5) is 4.47. The first-order chi connectivity index (χ1) is 9.88. The topological polar surface area (TPSA) is 64.0 Å². The van der Waals surface area contributed by atoms with Crippen molar-refractivity contribution in [3.05, 3.63) is 48.0 Å². The molecule has 1 aromatic heterocycles. The van der Waals surface area contributed by atoms with Crippen LogP contribution in [0.3, 0.4) is 0 Å². The molecule has 0 spiro atoms. The number of aryl methyl sites for hydroxylation is 1. The lowest BCUT2D eigenvalue weighted by atomic mass is 10.1. The number of hydrogen-bond acceptors (Lipinski definition) is 4. The summed E-state index contributed by atoms with van der Waals surface area (Å²) in [5.74, 6) is 0. The molecule has 0 aliphatic carbocycles. The number of imidazole rings is 1. The number of sulfone groups is 1. The van der Waals surface area contributed by atoms with Gasteiger partial charge in [0.15, 0.2) is 9.84 Å². The van der Waals surface area contributed by atoms with Crippen LogP contribution < -0.4 is 5.32 Å². The molecule has 0 fully saturated rings. The van der Waals surface area contributed by atoms with E-state index in [2.05, 4.69) is 17.2 Å².